The highest BCUT2D eigenvalue weighted by molar-refractivity contribution is 5.24. The van der Waals surface area contributed by atoms with Gasteiger partial charge in [-0.05, 0) is 19.8 Å². The van der Waals surface area contributed by atoms with E-state index < -0.39 is 0 Å². The van der Waals surface area contributed by atoms with Gasteiger partial charge in [0, 0.05) is 50.8 Å². The predicted octanol–water partition coefficient (Wildman–Crippen LogP) is 1.90. The van der Waals surface area contributed by atoms with Crippen molar-refractivity contribution < 1.29 is 0 Å². The molecule has 3 rings (SSSR count). The van der Waals surface area contributed by atoms with Gasteiger partial charge in [0.1, 0.15) is 6.54 Å². The molecule has 0 aromatic rings. The molecule has 0 aliphatic carbocycles. The number of allylic oxidation sites excluding steroid dienone is 1. The number of nitrogens with one attached hydrogen (secondary N) is 2. The van der Waals surface area contributed by atoms with Crippen molar-refractivity contribution in [3.05, 3.63) is 35.9 Å². The van der Waals surface area contributed by atoms with E-state index >= 15 is 0 Å². The quantitative estimate of drug-likeness (QED) is 0.752. The summed E-state index contributed by atoms with van der Waals surface area (Å²) < 4.78 is 0. The van der Waals surface area contributed by atoms with Crippen LogP contribution in [0.4, 0.5) is 0 Å². The third kappa shape index (κ3) is 3.22. The molecule has 6 nitrogen and oxygen atoms in total. The van der Waals surface area contributed by atoms with Crippen LogP contribution in [0.3, 0.4) is 0 Å². The molecular formula is C18H28N6. The van der Waals surface area contributed by atoms with Gasteiger partial charge in [0.25, 0.3) is 0 Å². The van der Waals surface area contributed by atoms with Gasteiger partial charge < -0.3 is 15.8 Å². The maximum atomic E-state index is 8.74. The highest BCUT2D eigenvalue weighted by Crippen LogP contribution is 2.34. The standard InChI is InChI=1S/C18H28N6/c1-14-12-18(17-7-4-9-21-24(14)17)22(3)23-11-5-6-16(13-23)15(2)20-10-8-19/h4,9,14,16,20-21H,2,5-7,10-13H2,1,3H3. The van der Waals surface area contributed by atoms with Gasteiger partial charge in [-0.3, -0.25) is 5.01 Å². The smallest absolute Gasteiger partial charge is 0.103 e. The van der Waals surface area contributed by atoms with Crippen LogP contribution in [0.25, 0.3) is 0 Å². The molecule has 2 unspecified atom stereocenters. The fourth-order valence-electron chi connectivity index (χ4n) is 3.92. The third-order valence-corrected chi connectivity index (χ3v) is 5.30. The van der Waals surface area contributed by atoms with Crippen LogP contribution < -0.4 is 10.7 Å². The zero-order chi connectivity index (χ0) is 17.1. The summed E-state index contributed by atoms with van der Waals surface area (Å²) in [6, 6.07) is 2.61. The number of hydrogen-bond donors (Lipinski definition) is 2. The first-order chi connectivity index (χ1) is 11.6. The van der Waals surface area contributed by atoms with Crippen molar-refractivity contribution in [3.8, 4) is 6.07 Å². The molecule has 3 aliphatic heterocycles. The zero-order valence-corrected chi connectivity index (χ0v) is 14.8. The summed E-state index contributed by atoms with van der Waals surface area (Å²) in [5, 5.41) is 19.0. The lowest BCUT2D eigenvalue weighted by Crippen LogP contribution is -2.47. The topological polar surface area (TPSA) is 57.6 Å². The van der Waals surface area contributed by atoms with E-state index in [0.717, 1.165) is 44.5 Å². The Morgan fingerprint density at radius 2 is 2.42 bits per heavy atom. The van der Waals surface area contributed by atoms with Crippen LogP contribution in [-0.2, 0) is 0 Å². The van der Waals surface area contributed by atoms with E-state index in [-0.39, 0.29) is 0 Å². The molecule has 0 spiro atoms. The average Bonchev–Trinajstić information content (AvgIpc) is 2.96. The van der Waals surface area contributed by atoms with Crippen molar-refractivity contribution >= 4 is 0 Å². The molecule has 2 atom stereocenters. The number of nitriles is 1. The molecule has 2 N–H and O–H groups in total. The summed E-state index contributed by atoms with van der Waals surface area (Å²) in [6.45, 7) is 8.78. The minimum absolute atomic E-state index is 0.338. The van der Waals surface area contributed by atoms with E-state index in [2.05, 4.69) is 58.5 Å². The van der Waals surface area contributed by atoms with E-state index in [0.29, 0.717) is 18.5 Å². The zero-order valence-electron chi connectivity index (χ0n) is 14.8. The van der Waals surface area contributed by atoms with Gasteiger partial charge in [-0.1, -0.05) is 12.7 Å². The average molecular weight is 328 g/mol. The Morgan fingerprint density at radius 1 is 1.58 bits per heavy atom. The molecular weight excluding hydrogens is 300 g/mol. The molecule has 1 fully saturated rings. The maximum absolute atomic E-state index is 8.74. The second kappa shape index (κ2) is 7.18. The van der Waals surface area contributed by atoms with Crippen molar-refractivity contribution in [1.29, 1.82) is 5.26 Å². The summed E-state index contributed by atoms with van der Waals surface area (Å²) >= 11 is 0. The second-order valence-corrected chi connectivity index (χ2v) is 6.86. The summed E-state index contributed by atoms with van der Waals surface area (Å²) in [5.74, 6) is 0.402. The van der Waals surface area contributed by atoms with Gasteiger partial charge >= 0.3 is 0 Å². The normalized spacial score (nSPS) is 26.6. The van der Waals surface area contributed by atoms with Gasteiger partial charge in [0.15, 0.2) is 0 Å². The van der Waals surface area contributed by atoms with Gasteiger partial charge in [-0.25, -0.2) is 5.01 Å². The number of rotatable bonds is 5. The highest BCUT2D eigenvalue weighted by Gasteiger charge is 2.34. The molecule has 0 amide bonds. The fraction of sp³-hybridized carbons (Fsp3) is 0.611. The van der Waals surface area contributed by atoms with Crippen molar-refractivity contribution in [2.45, 2.75) is 38.6 Å². The Balaban J connectivity index is 1.68. The molecule has 0 radical (unpaired) electrons. The van der Waals surface area contributed by atoms with E-state index in [1.54, 1.807) is 0 Å². The van der Waals surface area contributed by atoms with E-state index in [4.69, 9.17) is 5.26 Å². The lowest BCUT2D eigenvalue weighted by molar-refractivity contribution is -0.00384. The summed E-state index contributed by atoms with van der Waals surface area (Å²) in [4.78, 5) is 0. The lowest BCUT2D eigenvalue weighted by Gasteiger charge is -2.41. The number of hydrazine groups is 2. The van der Waals surface area contributed by atoms with Crippen LogP contribution in [0, 0.1) is 17.2 Å². The van der Waals surface area contributed by atoms with Gasteiger partial charge in [0.2, 0.25) is 0 Å². The molecule has 3 aliphatic rings. The SMILES string of the molecule is C=C(NCC#N)C1CCCN(N(C)C2=C3CC=CNN3C(C)C2)C1. The number of piperidine rings is 1. The van der Waals surface area contributed by atoms with Crippen LogP contribution >= 0.6 is 0 Å². The van der Waals surface area contributed by atoms with E-state index in [1.165, 1.54) is 11.4 Å². The lowest BCUT2D eigenvalue weighted by atomic mass is 9.96. The van der Waals surface area contributed by atoms with Crippen LogP contribution in [-0.4, -0.2) is 47.8 Å². The predicted molar refractivity (Wildman–Crippen MR) is 94.7 cm³/mol. The summed E-state index contributed by atoms with van der Waals surface area (Å²) in [7, 11) is 2.19. The Kier molecular flexibility index (Phi) is 5.00. The fourth-order valence-corrected chi connectivity index (χ4v) is 3.92. The maximum Gasteiger partial charge on any atom is 0.103 e. The van der Waals surface area contributed by atoms with E-state index in [9.17, 15) is 0 Å². The van der Waals surface area contributed by atoms with Crippen LogP contribution in [0.15, 0.2) is 35.9 Å². The van der Waals surface area contributed by atoms with Crippen molar-refractivity contribution in [2.24, 2.45) is 5.92 Å². The first-order valence-corrected chi connectivity index (χ1v) is 8.82. The largest absolute Gasteiger partial charge is 0.376 e. The number of nitrogens with zero attached hydrogens (tertiary/aromatic N) is 4. The molecule has 0 saturated carbocycles. The van der Waals surface area contributed by atoms with Crippen molar-refractivity contribution in [2.75, 3.05) is 26.7 Å². The molecule has 24 heavy (non-hydrogen) atoms. The molecule has 130 valence electrons. The minimum Gasteiger partial charge on any atom is -0.376 e. The third-order valence-electron chi connectivity index (χ3n) is 5.30. The Bertz CT molecular complexity index is 587. The minimum atomic E-state index is 0.338. The second-order valence-electron chi connectivity index (χ2n) is 6.86. The Morgan fingerprint density at radius 3 is 3.21 bits per heavy atom. The first kappa shape index (κ1) is 16.7. The molecule has 6 heteroatoms. The molecule has 0 bridgehead atoms. The molecule has 0 aromatic heterocycles. The monoisotopic (exact) mass is 328 g/mol. The van der Waals surface area contributed by atoms with Crippen molar-refractivity contribution in [3.63, 3.8) is 0 Å². The van der Waals surface area contributed by atoms with Gasteiger partial charge in [0.05, 0.1) is 23.5 Å². The van der Waals surface area contributed by atoms with Crippen LogP contribution in [0.5, 0.6) is 0 Å². The van der Waals surface area contributed by atoms with Gasteiger partial charge in [-0.2, -0.15) is 5.26 Å². The summed E-state index contributed by atoms with van der Waals surface area (Å²) in [6.07, 6.45) is 8.57. The number of fused-ring (bicyclic) bond motifs is 1. The van der Waals surface area contributed by atoms with Gasteiger partial charge in [-0.15, -0.1) is 0 Å². The molecule has 1 saturated heterocycles. The first-order valence-electron chi connectivity index (χ1n) is 8.82. The Labute approximate surface area is 145 Å². The number of hydrogen-bond acceptors (Lipinski definition) is 6. The summed E-state index contributed by atoms with van der Waals surface area (Å²) in [5.41, 5.74) is 7.16. The van der Waals surface area contributed by atoms with Crippen LogP contribution in [0.1, 0.15) is 32.6 Å². The Hall–Kier alpha value is -2.13. The van der Waals surface area contributed by atoms with E-state index in [1.807, 2.05) is 6.20 Å². The van der Waals surface area contributed by atoms with Crippen LogP contribution in [0.2, 0.25) is 0 Å². The molecule has 3 heterocycles. The highest BCUT2D eigenvalue weighted by atomic mass is 15.6. The molecule has 0 aromatic carbocycles. The van der Waals surface area contributed by atoms with Crippen molar-refractivity contribution in [1.82, 2.24) is 25.8 Å².